The SMILES string of the molecule is Nc1ncnc2c1cnn2C1CCNCC1. The second-order valence-corrected chi connectivity index (χ2v) is 4.07. The Labute approximate surface area is 92.9 Å². The van der Waals surface area contributed by atoms with Crippen LogP contribution in [0.5, 0.6) is 0 Å². The molecule has 0 atom stereocenters. The fourth-order valence-corrected chi connectivity index (χ4v) is 2.20. The topological polar surface area (TPSA) is 81.7 Å². The van der Waals surface area contributed by atoms with E-state index in [2.05, 4.69) is 20.4 Å². The molecule has 1 aliphatic heterocycles. The number of nitrogens with zero attached hydrogens (tertiary/aromatic N) is 4. The van der Waals surface area contributed by atoms with Crippen LogP contribution in [0.3, 0.4) is 0 Å². The first-order valence-corrected chi connectivity index (χ1v) is 5.50. The minimum atomic E-state index is 0.424. The van der Waals surface area contributed by atoms with E-state index >= 15 is 0 Å². The lowest BCUT2D eigenvalue weighted by atomic mass is 10.1. The summed E-state index contributed by atoms with van der Waals surface area (Å²) in [7, 11) is 0. The molecule has 0 aromatic carbocycles. The van der Waals surface area contributed by atoms with Crippen molar-refractivity contribution in [1.29, 1.82) is 0 Å². The van der Waals surface area contributed by atoms with Gasteiger partial charge in [0.1, 0.15) is 12.1 Å². The number of fused-ring (bicyclic) bond motifs is 1. The molecule has 16 heavy (non-hydrogen) atoms. The van der Waals surface area contributed by atoms with E-state index in [0.29, 0.717) is 11.9 Å². The third kappa shape index (κ3) is 1.42. The normalized spacial score (nSPS) is 18.0. The van der Waals surface area contributed by atoms with Crippen molar-refractivity contribution in [3.8, 4) is 0 Å². The van der Waals surface area contributed by atoms with Gasteiger partial charge in [-0.2, -0.15) is 5.10 Å². The van der Waals surface area contributed by atoms with Crippen LogP contribution in [0.15, 0.2) is 12.5 Å². The molecule has 1 aliphatic rings. The number of aromatic nitrogens is 4. The summed E-state index contributed by atoms with van der Waals surface area (Å²) in [5, 5.41) is 8.57. The number of rotatable bonds is 1. The van der Waals surface area contributed by atoms with Crippen molar-refractivity contribution in [1.82, 2.24) is 25.1 Å². The van der Waals surface area contributed by atoms with Crippen LogP contribution < -0.4 is 11.1 Å². The second kappa shape index (κ2) is 3.71. The first-order valence-electron chi connectivity index (χ1n) is 5.50. The van der Waals surface area contributed by atoms with Gasteiger partial charge in [-0.25, -0.2) is 14.6 Å². The number of nitrogens with two attached hydrogens (primary N) is 1. The molecule has 1 saturated heterocycles. The predicted octanol–water partition coefficient (Wildman–Crippen LogP) is 0.333. The van der Waals surface area contributed by atoms with E-state index in [9.17, 15) is 0 Å². The number of piperidine rings is 1. The molecule has 0 unspecified atom stereocenters. The van der Waals surface area contributed by atoms with Crippen LogP contribution in [0.2, 0.25) is 0 Å². The van der Waals surface area contributed by atoms with Crippen molar-refractivity contribution in [2.75, 3.05) is 18.8 Å². The number of hydrogen-bond acceptors (Lipinski definition) is 5. The Hall–Kier alpha value is -1.69. The van der Waals surface area contributed by atoms with Crippen LogP contribution in [-0.4, -0.2) is 32.8 Å². The maximum atomic E-state index is 5.78. The van der Waals surface area contributed by atoms with Gasteiger partial charge in [0, 0.05) is 0 Å². The highest BCUT2D eigenvalue weighted by Crippen LogP contribution is 2.23. The van der Waals surface area contributed by atoms with Crippen LogP contribution in [-0.2, 0) is 0 Å². The monoisotopic (exact) mass is 218 g/mol. The van der Waals surface area contributed by atoms with Gasteiger partial charge < -0.3 is 11.1 Å². The van der Waals surface area contributed by atoms with Crippen molar-refractivity contribution >= 4 is 16.9 Å². The third-order valence-electron chi connectivity index (χ3n) is 3.08. The lowest BCUT2D eigenvalue weighted by molar-refractivity contribution is 0.349. The Balaban J connectivity index is 2.06. The molecule has 3 heterocycles. The molecule has 2 aromatic heterocycles. The highest BCUT2D eigenvalue weighted by molar-refractivity contribution is 5.84. The standard InChI is InChI=1S/C10H14N6/c11-9-8-5-15-16(10(8)14-6-13-9)7-1-3-12-4-2-7/h5-7,12H,1-4H2,(H2,11,13,14). The molecular weight excluding hydrogens is 204 g/mol. The summed E-state index contributed by atoms with van der Waals surface area (Å²) in [6, 6.07) is 0.424. The summed E-state index contributed by atoms with van der Waals surface area (Å²) in [5.74, 6) is 0.505. The van der Waals surface area contributed by atoms with Gasteiger partial charge in [-0.1, -0.05) is 0 Å². The average Bonchev–Trinajstić information content (AvgIpc) is 2.75. The van der Waals surface area contributed by atoms with Crippen LogP contribution in [0.4, 0.5) is 5.82 Å². The number of nitrogens with one attached hydrogen (secondary N) is 1. The molecule has 84 valence electrons. The summed E-state index contributed by atoms with van der Waals surface area (Å²) in [5.41, 5.74) is 6.63. The van der Waals surface area contributed by atoms with E-state index in [0.717, 1.165) is 37.0 Å². The van der Waals surface area contributed by atoms with Gasteiger partial charge in [0.15, 0.2) is 5.65 Å². The molecule has 6 nitrogen and oxygen atoms in total. The molecule has 1 fully saturated rings. The molecule has 0 spiro atoms. The lowest BCUT2D eigenvalue weighted by Crippen LogP contribution is -2.29. The van der Waals surface area contributed by atoms with E-state index in [1.54, 1.807) is 6.20 Å². The summed E-state index contributed by atoms with van der Waals surface area (Å²) in [6.45, 7) is 2.07. The zero-order valence-electron chi connectivity index (χ0n) is 8.93. The first-order chi connectivity index (χ1) is 7.86. The van der Waals surface area contributed by atoms with E-state index < -0.39 is 0 Å². The van der Waals surface area contributed by atoms with E-state index in [-0.39, 0.29) is 0 Å². The van der Waals surface area contributed by atoms with Gasteiger partial charge in [0.05, 0.1) is 17.6 Å². The molecule has 6 heteroatoms. The van der Waals surface area contributed by atoms with Gasteiger partial charge in [0.2, 0.25) is 0 Å². The molecule has 3 N–H and O–H groups in total. The second-order valence-electron chi connectivity index (χ2n) is 4.07. The Morgan fingerprint density at radius 2 is 2.12 bits per heavy atom. The summed E-state index contributed by atoms with van der Waals surface area (Å²) >= 11 is 0. The minimum Gasteiger partial charge on any atom is -0.383 e. The van der Waals surface area contributed by atoms with Crippen molar-refractivity contribution < 1.29 is 0 Å². The van der Waals surface area contributed by atoms with Crippen LogP contribution in [0, 0.1) is 0 Å². The fraction of sp³-hybridized carbons (Fsp3) is 0.500. The average molecular weight is 218 g/mol. The number of anilines is 1. The molecule has 3 rings (SSSR count). The predicted molar refractivity (Wildman–Crippen MR) is 60.9 cm³/mol. The third-order valence-corrected chi connectivity index (χ3v) is 3.08. The van der Waals surface area contributed by atoms with Crippen LogP contribution in [0.1, 0.15) is 18.9 Å². The van der Waals surface area contributed by atoms with Crippen molar-refractivity contribution in [3.63, 3.8) is 0 Å². The van der Waals surface area contributed by atoms with Crippen LogP contribution >= 0.6 is 0 Å². The van der Waals surface area contributed by atoms with Gasteiger partial charge in [-0.05, 0) is 25.9 Å². The quantitative estimate of drug-likeness (QED) is 0.721. The molecule has 2 aromatic rings. The van der Waals surface area contributed by atoms with Crippen molar-refractivity contribution in [3.05, 3.63) is 12.5 Å². The Morgan fingerprint density at radius 1 is 1.31 bits per heavy atom. The Kier molecular flexibility index (Phi) is 2.21. The highest BCUT2D eigenvalue weighted by Gasteiger charge is 2.18. The molecule has 0 bridgehead atoms. The summed E-state index contributed by atoms with van der Waals surface area (Å²) in [6.07, 6.45) is 5.42. The molecule has 0 saturated carbocycles. The van der Waals surface area contributed by atoms with E-state index in [1.165, 1.54) is 6.33 Å². The molecule has 0 aliphatic carbocycles. The zero-order chi connectivity index (χ0) is 11.0. The summed E-state index contributed by atoms with van der Waals surface area (Å²) < 4.78 is 1.98. The minimum absolute atomic E-state index is 0.424. The van der Waals surface area contributed by atoms with Crippen molar-refractivity contribution in [2.24, 2.45) is 0 Å². The Bertz CT molecular complexity index is 499. The molecular formula is C10H14N6. The first kappa shape index (κ1) is 9.53. The highest BCUT2D eigenvalue weighted by atomic mass is 15.3. The fourth-order valence-electron chi connectivity index (χ4n) is 2.20. The zero-order valence-corrected chi connectivity index (χ0v) is 8.93. The summed E-state index contributed by atoms with van der Waals surface area (Å²) in [4.78, 5) is 8.23. The lowest BCUT2D eigenvalue weighted by Gasteiger charge is -2.23. The van der Waals surface area contributed by atoms with Gasteiger partial charge in [0.25, 0.3) is 0 Å². The van der Waals surface area contributed by atoms with Crippen LogP contribution in [0.25, 0.3) is 11.0 Å². The van der Waals surface area contributed by atoms with Gasteiger partial charge >= 0.3 is 0 Å². The smallest absolute Gasteiger partial charge is 0.163 e. The maximum Gasteiger partial charge on any atom is 0.163 e. The van der Waals surface area contributed by atoms with Gasteiger partial charge in [-0.3, -0.25) is 0 Å². The van der Waals surface area contributed by atoms with E-state index in [1.807, 2.05) is 4.68 Å². The Morgan fingerprint density at radius 3 is 2.94 bits per heavy atom. The van der Waals surface area contributed by atoms with Crippen molar-refractivity contribution in [2.45, 2.75) is 18.9 Å². The molecule has 0 radical (unpaired) electrons. The van der Waals surface area contributed by atoms with E-state index in [4.69, 9.17) is 5.73 Å². The largest absolute Gasteiger partial charge is 0.383 e. The number of nitrogen functional groups attached to an aromatic ring is 1. The maximum absolute atomic E-state index is 5.78. The number of hydrogen-bond donors (Lipinski definition) is 2. The van der Waals surface area contributed by atoms with Gasteiger partial charge in [-0.15, -0.1) is 0 Å². The molecule has 0 amide bonds.